The number of benzene rings is 1. The molecular formula is C14H13ClF2N2. The van der Waals surface area contributed by atoms with Crippen LogP contribution in [0.15, 0.2) is 30.5 Å². The van der Waals surface area contributed by atoms with Gasteiger partial charge in [0.15, 0.2) is 11.6 Å². The normalized spacial score (nSPS) is 12.5. The Morgan fingerprint density at radius 1 is 1.16 bits per heavy atom. The van der Waals surface area contributed by atoms with Crippen molar-refractivity contribution in [1.82, 2.24) is 10.3 Å². The van der Waals surface area contributed by atoms with E-state index in [0.717, 1.165) is 0 Å². The molecule has 2 aromatic rings. The van der Waals surface area contributed by atoms with Crippen LogP contribution < -0.4 is 5.32 Å². The summed E-state index contributed by atoms with van der Waals surface area (Å²) in [7, 11) is 1.66. The third-order valence-electron chi connectivity index (χ3n) is 2.95. The van der Waals surface area contributed by atoms with Crippen LogP contribution >= 0.6 is 11.6 Å². The third-order valence-corrected chi connectivity index (χ3v) is 3.17. The van der Waals surface area contributed by atoms with Crippen LogP contribution in [-0.4, -0.2) is 12.0 Å². The average molecular weight is 283 g/mol. The van der Waals surface area contributed by atoms with Crippen molar-refractivity contribution in [2.45, 2.75) is 13.0 Å². The van der Waals surface area contributed by atoms with Crippen molar-refractivity contribution in [1.29, 1.82) is 0 Å². The number of nitrogens with zero attached hydrogens (tertiary/aromatic N) is 1. The molecule has 0 saturated heterocycles. The van der Waals surface area contributed by atoms with Crippen LogP contribution in [0.2, 0.25) is 5.02 Å². The van der Waals surface area contributed by atoms with E-state index in [1.54, 1.807) is 31.3 Å². The van der Waals surface area contributed by atoms with Crippen LogP contribution in [0.25, 0.3) is 0 Å². The molecule has 1 heterocycles. The molecule has 1 unspecified atom stereocenters. The number of hydrogen-bond donors (Lipinski definition) is 1. The largest absolute Gasteiger partial charge is 0.308 e. The van der Waals surface area contributed by atoms with Gasteiger partial charge in [-0.15, -0.1) is 0 Å². The van der Waals surface area contributed by atoms with Crippen molar-refractivity contribution < 1.29 is 8.78 Å². The summed E-state index contributed by atoms with van der Waals surface area (Å²) in [5.74, 6) is -1.68. The fraction of sp³-hybridized carbons (Fsp3) is 0.214. The first-order valence-electron chi connectivity index (χ1n) is 5.77. The quantitative estimate of drug-likeness (QED) is 0.930. The Hall–Kier alpha value is -1.52. The summed E-state index contributed by atoms with van der Waals surface area (Å²) in [6, 6.07) is 5.93. The molecule has 0 spiro atoms. The Morgan fingerprint density at radius 2 is 1.89 bits per heavy atom. The van der Waals surface area contributed by atoms with Crippen molar-refractivity contribution in [3.05, 3.63) is 63.9 Å². The van der Waals surface area contributed by atoms with Crippen molar-refractivity contribution in [2.24, 2.45) is 0 Å². The molecule has 1 aromatic carbocycles. The predicted octanol–water partition coefficient (Wildman–Crippen LogP) is 3.63. The van der Waals surface area contributed by atoms with Crippen molar-refractivity contribution >= 4 is 11.6 Å². The molecule has 0 aliphatic heterocycles. The number of nitrogens with one attached hydrogen (secondary N) is 1. The van der Waals surface area contributed by atoms with Crippen LogP contribution in [0.3, 0.4) is 0 Å². The molecule has 2 rings (SSSR count). The predicted molar refractivity (Wildman–Crippen MR) is 71.2 cm³/mol. The van der Waals surface area contributed by atoms with Gasteiger partial charge in [-0.2, -0.15) is 0 Å². The Balaban J connectivity index is 2.48. The van der Waals surface area contributed by atoms with Crippen molar-refractivity contribution in [3.63, 3.8) is 0 Å². The maximum atomic E-state index is 14.0. The van der Waals surface area contributed by atoms with E-state index in [-0.39, 0.29) is 11.1 Å². The summed E-state index contributed by atoms with van der Waals surface area (Å²) < 4.78 is 27.6. The van der Waals surface area contributed by atoms with Gasteiger partial charge in [0.25, 0.3) is 0 Å². The molecule has 0 fully saturated rings. The minimum Gasteiger partial charge on any atom is -0.308 e. The minimum absolute atomic E-state index is 0.223. The van der Waals surface area contributed by atoms with Gasteiger partial charge in [0.2, 0.25) is 0 Å². The highest BCUT2D eigenvalue weighted by atomic mass is 35.5. The summed E-state index contributed by atoms with van der Waals surface area (Å²) in [4.78, 5) is 4.14. The molecule has 2 nitrogen and oxygen atoms in total. The molecule has 0 saturated carbocycles. The van der Waals surface area contributed by atoms with Crippen LogP contribution in [-0.2, 0) is 0 Å². The lowest BCUT2D eigenvalue weighted by Crippen LogP contribution is -2.20. The van der Waals surface area contributed by atoms with Crippen molar-refractivity contribution in [3.8, 4) is 0 Å². The highest BCUT2D eigenvalue weighted by Gasteiger charge is 2.20. The average Bonchev–Trinajstić information content (AvgIpc) is 2.41. The number of pyridine rings is 1. The van der Waals surface area contributed by atoms with E-state index in [2.05, 4.69) is 10.3 Å². The van der Waals surface area contributed by atoms with Gasteiger partial charge in [-0.25, -0.2) is 8.78 Å². The molecule has 0 amide bonds. The molecular weight excluding hydrogens is 270 g/mol. The van der Waals surface area contributed by atoms with E-state index in [1.165, 1.54) is 13.1 Å². The summed E-state index contributed by atoms with van der Waals surface area (Å²) in [5, 5.41) is 3.42. The van der Waals surface area contributed by atoms with E-state index >= 15 is 0 Å². The number of halogens is 3. The maximum absolute atomic E-state index is 14.0. The lowest BCUT2D eigenvalue weighted by Gasteiger charge is -2.17. The monoisotopic (exact) mass is 282 g/mol. The summed E-state index contributed by atoms with van der Waals surface area (Å²) >= 11 is 5.77. The maximum Gasteiger partial charge on any atom is 0.164 e. The Kier molecular flexibility index (Phi) is 4.12. The zero-order valence-corrected chi connectivity index (χ0v) is 11.3. The number of aromatic nitrogens is 1. The molecule has 0 aliphatic carbocycles. The van der Waals surface area contributed by atoms with Gasteiger partial charge in [0, 0.05) is 11.8 Å². The van der Waals surface area contributed by atoms with Crippen molar-refractivity contribution in [2.75, 3.05) is 7.05 Å². The molecule has 1 atom stereocenters. The van der Waals surface area contributed by atoms with Gasteiger partial charge < -0.3 is 5.32 Å². The Morgan fingerprint density at radius 3 is 2.47 bits per heavy atom. The third kappa shape index (κ3) is 2.74. The number of aryl methyl sites for hydroxylation is 1. The van der Waals surface area contributed by atoms with Gasteiger partial charge in [-0.3, -0.25) is 4.98 Å². The molecule has 1 N–H and O–H groups in total. The topological polar surface area (TPSA) is 24.9 Å². The van der Waals surface area contributed by atoms with E-state index in [4.69, 9.17) is 11.6 Å². The summed E-state index contributed by atoms with van der Waals surface area (Å²) in [6.45, 7) is 1.52. The fourth-order valence-corrected chi connectivity index (χ4v) is 2.02. The molecule has 0 bridgehead atoms. The number of rotatable bonds is 3. The first-order valence-corrected chi connectivity index (χ1v) is 6.15. The van der Waals surface area contributed by atoms with Crippen LogP contribution in [0.4, 0.5) is 8.78 Å². The fourth-order valence-electron chi connectivity index (χ4n) is 1.90. The van der Waals surface area contributed by atoms with E-state index in [0.29, 0.717) is 10.7 Å². The van der Waals surface area contributed by atoms with Crippen LogP contribution in [0.5, 0.6) is 0 Å². The second kappa shape index (κ2) is 5.63. The zero-order valence-electron chi connectivity index (χ0n) is 10.5. The highest BCUT2D eigenvalue weighted by molar-refractivity contribution is 6.30. The van der Waals surface area contributed by atoms with Gasteiger partial charge >= 0.3 is 0 Å². The first-order chi connectivity index (χ1) is 9.04. The summed E-state index contributed by atoms with van der Waals surface area (Å²) in [6.07, 6.45) is 1.48. The first kappa shape index (κ1) is 13.9. The van der Waals surface area contributed by atoms with E-state index in [1.807, 2.05) is 0 Å². The highest BCUT2D eigenvalue weighted by Crippen LogP contribution is 2.26. The van der Waals surface area contributed by atoms with Gasteiger partial charge in [0.05, 0.1) is 16.8 Å². The minimum atomic E-state index is -0.851. The smallest absolute Gasteiger partial charge is 0.164 e. The molecule has 100 valence electrons. The standard InChI is InChI=1S/C14H13ClF2N2/c1-8-3-5-10(13(17)12(8)16)14(18-2)11-6-4-9(15)7-19-11/h3-7,14,18H,1-2H3. The second-order valence-corrected chi connectivity index (χ2v) is 4.66. The van der Waals surface area contributed by atoms with E-state index < -0.39 is 17.7 Å². The molecule has 5 heteroatoms. The van der Waals surface area contributed by atoms with Gasteiger partial charge in [0.1, 0.15) is 0 Å². The molecule has 0 radical (unpaired) electrons. The van der Waals surface area contributed by atoms with E-state index in [9.17, 15) is 8.78 Å². The van der Waals surface area contributed by atoms with Crippen LogP contribution in [0.1, 0.15) is 22.9 Å². The van der Waals surface area contributed by atoms with Crippen LogP contribution in [0, 0.1) is 18.6 Å². The molecule has 0 aliphatic rings. The second-order valence-electron chi connectivity index (χ2n) is 4.22. The lowest BCUT2D eigenvalue weighted by molar-refractivity contribution is 0.481. The Labute approximate surface area is 115 Å². The van der Waals surface area contributed by atoms with Gasteiger partial charge in [-0.05, 0) is 31.7 Å². The zero-order chi connectivity index (χ0) is 14.0. The molecule has 1 aromatic heterocycles. The van der Waals surface area contributed by atoms with Gasteiger partial charge in [-0.1, -0.05) is 23.7 Å². The summed E-state index contributed by atoms with van der Waals surface area (Å²) in [5.41, 5.74) is 1.08. The Bertz CT molecular complexity index is 585. The molecule has 19 heavy (non-hydrogen) atoms. The lowest BCUT2D eigenvalue weighted by atomic mass is 10.0. The SMILES string of the molecule is CNC(c1ccc(Cl)cn1)c1ccc(C)c(F)c1F. The number of hydrogen-bond acceptors (Lipinski definition) is 2.